The summed E-state index contributed by atoms with van der Waals surface area (Å²) in [5.74, 6) is 0. The molecule has 2 rings (SSSR count). The zero-order chi connectivity index (χ0) is 13.3. The molecule has 0 amide bonds. The Kier molecular flexibility index (Phi) is 4.14. The Balaban J connectivity index is 2.31. The Hall–Kier alpha value is -0.390. The molecule has 1 saturated heterocycles. The van der Waals surface area contributed by atoms with Gasteiger partial charge in [-0.15, -0.1) is 0 Å². The van der Waals surface area contributed by atoms with E-state index in [2.05, 4.69) is 15.9 Å². The topological polar surface area (TPSA) is 37.4 Å². The maximum Gasteiger partial charge on any atom is 0.216 e. The molecule has 3 nitrogen and oxygen atoms in total. The van der Waals surface area contributed by atoms with Crippen LogP contribution in [0, 0.1) is 0 Å². The van der Waals surface area contributed by atoms with E-state index >= 15 is 0 Å². The predicted molar refractivity (Wildman–Crippen MR) is 76.9 cm³/mol. The lowest BCUT2D eigenvalue weighted by atomic mass is 10.1. The summed E-state index contributed by atoms with van der Waals surface area (Å²) in [6.45, 7) is 4.12. The number of nitrogens with zero attached hydrogens (tertiary/aromatic N) is 1. The minimum absolute atomic E-state index is 0.00509. The first-order valence-corrected chi connectivity index (χ1v) is 8.48. The maximum absolute atomic E-state index is 12.3. The number of sulfonamides is 1. The third-order valence-corrected chi connectivity index (χ3v) is 6.19. The van der Waals surface area contributed by atoms with Gasteiger partial charge in [-0.3, -0.25) is 0 Å². The van der Waals surface area contributed by atoms with Crippen LogP contribution in [0.1, 0.15) is 38.3 Å². The van der Waals surface area contributed by atoms with Crippen molar-refractivity contribution in [3.8, 4) is 0 Å². The Morgan fingerprint density at radius 2 is 1.89 bits per heavy atom. The van der Waals surface area contributed by atoms with Crippen molar-refractivity contribution in [1.29, 1.82) is 0 Å². The van der Waals surface area contributed by atoms with Gasteiger partial charge in [-0.05, 0) is 44.4 Å². The van der Waals surface area contributed by atoms with Gasteiger partial charge in [0.05, 0.1) is 5.25 Å². The number of halogens is 1. The van der Waals surface area contributed by atoms with E-state index in [9.17, 15) is 8.42 Å². The van der Waals surface area contributed by atoms with Crippen molar-refractivity contribution in [1.82, 2.24) is 4.31 Å². The average Bonchev–Trinajstić information content (AvgIpc) is 2.79. The van der Waals surface area contributed by atoms with Crippen LogP contribution in [-0.2, 0) is 10.0 Å². The molecular formula is C13H18BrNO2S. The van der Waals surface area contributed by atoms with Crippen molar-refractivity contribution in [3.05, 3.63) is 34.3 Å². The van der Waals surface area contributed by atoms with Gasteiger partial charge in [0.25, 0.3) is 0 Å². The van der Waals surface area contributed by atoms with Crippen molar-refractivity contribution in [2.75, 3.05) is 6.54 Å². The molecular weight excluding hydrogens is 314 g/mol. The Morgan fingerprint density at radius 3 is 2.44 bits per heavy atom. The fraction of sp³-hybridized carbons (Fsp3) is 0.538. The van der Waals surface area contributed by atoms with E-state index in [0.717, 1.165) is 22.9 Å². The van der Waals surface area contributed by atoms with Gasteiger partial charge < -0.3 is 0 Å². The van der Waals surface area contributed by atoms with Gasteiger partial charge in [0.2, 0.25) is 10.0 Å². The highest BCUT2D eigenvalue weighted by Gasteiger charge is 2.36. The molecule has 0 spiro atoms. The molecule has 100 valence electrons. The highest BCUT2D eigenvalue weighted by molar-refractivity contribution is 9.10. The minimum Gasteiger partial charge on any atom is -0.212 e. The maximum atomic E-state index is 12.3. The van der Waals surface area contributed by atoms with Gasteiger partial charge >= 0.3 is 0 Å². The zero-order valence-corrected chi connectivity index (χ0v) is 13.0. The largest absolute Gasteiger partial charge is 0.216 e. The number of benzene rings is 1. The van der Waals surface area contributed by atoms with Crippen LogP contribution >= 0.6 is 15.9 Å². The lowest BCUT2D eigenvalue weighted by molar-refractivity contribution is 0.392. The highest BCUT2D eigenvalue weighted by atomic mass is 79.9. The van der Waals surface area contributed by atoms with E-state index in [0.29, 0.717) is 6.54 Å². The average molecular weight is 332 g/mol. The smallest absolute Gasteiger partial charge is 0.212 e. The summed E-state index contributed by atoms with van der Waals surface area (Å²) < 4.78 is 27.3. The Bertz CT molecular complexity index is 510. The van der Waals surface area contributed by atoms with Crippen LogP contribution in [0.5, 0.6) is 0 Å². The first-order valence-electron chi connectivity index (χ1n) is 6.19. The van der Waals surface area contributed by atoms with Gasteiger partial charge in [0.1, 0.15) is 0 Å². The fourth-order valence-corrected chi connectivity index (χ4v) is 4.10. The zero-order valence-electron chi connectivity index (χ0n) is 10.6. The summed E-state index contributed by atoms with van der Waals surface area (Å²) in [6, 6.07) is 7.94. The third-order valence-electron chi connectivity index (χ3n) is 3.38. The highest BCUT2D eigenvalue weighted by Crippen LogP contribution is 2.35. The first-order chi connectivity index (χ1) is 8.43. The summed E-state index contributed by atoms with van der Waals surface area (Å²) >= 11 is 3.40. The van der Waals surface area contributed by atoms with Crippen molar-refractivity contribution in [2.45, 2.75) is 38.0 Å². The van der Waals surface area contributed by atoms with Crippen LogP contribution in [-0.4, -0.2) is 24.5 Å². The van der Waals surface area contributed by atoms with Gasteiger partial charge in [0, 0.05) is 17.1 Å². The minimum atomic E-state index is -3.16. The van der Waals surface area contributed by atoms with Crippen LogP contribution in [0.15, 0.2) is 28.7 Å². The van der Waals surface area contributed by atoms with Crippen LogP contribution in [0.2, 0.25) is 0 Å². The summed E-state index contributed by atoms with van der Waals surface area (Å²) in [4.78, 5) is 0. The second-order valence-corrected chi connectivity index (χ2v) is 8.27. The molecule has 1 unspecified atom stereocenters. The molecule has 0 aromatic heterocycles. The predicted octanol–water partition coefficient (Wildman–Crippen LogP) is 3.32. The molecule has 1 heterocycles. The Labute approximate surface area is 117 Å². The molecule has 1 aromatic carbocycles. The monoisotopic (exact) mass is 331 g/mol. The van der Waals surface area contributed by atoms with Crippen LogP contribution in [0.25, 0.3) is 0 Å². The van der Waals surface area contributed by atoms with E-state index < -0.39 is 10.0 Å². The molecule has 1 atom stereocenters. The lowest BCUT2D eigenvalue weighted by Gasteiger charge is -2.26. The molecule has 1 aliphatic heterocycles. The SMILES string of the molecule is CC(C)S(=O)(=O)N1CCCC1c1ccc(Br)cc1. The van der Waals surface area contributed by atoms with Crippen molar-refractivity contribution in [3.63, 3.8) is 0 Å². The van der Waals surface area contributed by atoms with Gasteiger partial charge in [-0.2, -0.15) is 4.31 Å². The molecule has 18 heavy (non-hydrogen) atoms. The van der Waals surface area contributed by atoms with E-state index in [1.807, 2.05) is 24.3 Å². The normalized spacial score (nSPS) is 21.7. The second-order valence-electron chi connectivity index (χ2n) is 4.91. The lowest BCUT2D eigenvalue weighted by Crippen LogP contribution is -2.35. The van der Waals surface area contributed by atoms with Crippen LogP contribution in [0.3, 0.4) is 0 Å². The molecule has 1 aromatic rings. The van der Waals surface area contributed by atoms with E-state index in [1.54, 1.807) is 18.2 Å². The fourth-order valence-electron chi connectivity index (χ4n) is 2.33. The van der Waals surface area contributed by atoms with Gasteiger partial charge in [0.15, 0.2) is 0 Å². The molecule has 0 bridgehead atoms. The van der Waals surface area contributed by atoms with E-state index in [1.165, 1.54) is 0 Å². The summed E-state index contributed by atoms with van der Waals surface area (Å²) in [5, 5.41) is -0.353. The van der Waals surface area contributed by atoms with Crippen LogP contribution < -0.4 is 0 Å². The van der Waals surface area contributed by atoms with E-state index in [4.69, 9.17) is 0 Å². The van der Waals surface area contributed by atoms with E-state index in [-0.39, 0.29) is 11.3 Å². The summed E-state index contributed by atoms with van der Waals surface area (Å²) in [6.07, 6.45) is 1.85. The molecule has 0 saturated carbocycles. The molecule has 5 heteroatoms. The summed E-state index contributed by atoms with van der Waals surface area (Å²) in [5.41, 5.74) is 1.08. The number of hydrogen-bond donors (Lipinski definition) is 0. The second kappa shape index (κ2) is 5.31. The van der Waals surface area contributed by atoms with Crippen molar-refractivity contribution < 1.29 is 8.42 Å². The standard InChI is InChI=1S/C13H18BrNO2S/c1-10(2)18(16,17)15-9-3-4-13(15)11-5-7-12(14)8-6-11/h5-8,10,13H,3-4,9H2,1-2H3. The molecule has 0 N–H and O–H groups in total. The number of rotatable bonds is 3. The summed E-state index contributed by atoms with van der Waals surface area (Å²) in [7, 11) is -3.16. The molecule has 0 radical (unpaired) electrons. The molecule has 1 aliphatic rings. The Morgan fingerprint density at radius 1 is 1.28 bits per heavy atom. The number of hydrogen-bond acceptors (Lipinski definition) is 2. The quantitative estimate of drug-likeness (QED) is 0.851. The molecule has 0 aliphatic carbocycles. The molecule has 1 fully saturated rings. The van der Waals surface area contributed by atoms with Gasteiger partial charge in [-0.25, -0.2) is 8.42 Å². The van der Waals surface area contributed by atoms with Crippen molar-refractivity contribution in [2.24, 2.45) is 0 Å². The third kappa shape index (κ3) is 2.63. The first kappa shape index (κ1) is 14.0. The van der Waals surface area contributed by atoms with Crippen LogP contribution in [0.4, 0.5) is 0 Å². The van der Waals surface area contributed by atoms with Gasteiger partial charge in [-0.1, -0.05) is 28.1 Å². The van der Waals surface area contributed by atoms with Crippen molar-refractivity contribution >= 4 is 26.0 Å².